The third kappa shape index (κ3) is 17.3. The maximum Gasteiger partial charge on any atom is 1.00 e. The molecule has 2 heterocycles. The standard InChI is InChI=1S/C25H30N4O2.C19H23NO.C6H8N3O.I2.Li.H2O/c1-17(29-16-26-18(2)28-29)25(31)27-23-12-9-19(10-13-23)14-20-8-11-22(15-20)24(30)21-6-4-3-5-7-21;20-18-10-7-14(8-11-18)12-15-6-9-17(13-15)19(21)16-4-2-1-3-5-16;1-5(3-10)9-4-7-6(2)8-9;1-2;;/h3-7,9-10,12-13,16-17,20,22,24,30H,8,11,14-15H2,1-2H3,(H,27,31);1-5,7-8,10-11,15,17,19,21H,6,9,12-13,20H2;4-5H,1-2H3;;;1H2/q;;-1;;+1;/p-1/t17-,20?,22-,24+;15?,17-,19+;5-;;;/m000.../s1. The van der Waals surface area contributed by atoms with E-state index in [1.807, 2.05) is 84.9 Å². The number of nitrogens with one attached hydrogen (secondary N) is 1. The second kappa shape index (κ2) is 29.0. The van der Waals surface area contributed by atoms with E-state index in [0.717, 1.165) is 67.4 Å². The molecule has 4 aromatic carbocycles. The first-order chi connectivity index (χ1) is 30.9. The number of carbonyl (C=O) groups excluding carboxylic acids is 2. The number of benzene rings is 4. The van der Waals surface area contributed by atoms with Crippen molar-refractivity contribution in [1.29, 1.82) is 0 Å². The van der Waals surface area contributed by atoms with Gasteiger partial charge in [-0.2, -0.15) is 10.2 Å². The number of anilines is 2. The summed E-state index contributed by atoms with van der Waals surface area (Å²) in [5.74, 6) is 3.18. The molecule has 66 heavy (non-hydrogen) atoms. The van der Waals surface area contributed by atoms with Gasteiger partial charge in [0, 0.05) is 48.6 Å². The second-order valence-corrected chi connectivity index (χ2v) is 16.9. The molecule has 2 aliphatic rings. The molecular weight excluding hydrogens is 1050 g/mol. The Morgan fingerprint density at radius 2 is 1.14 bits per heavy atom. The van der Waals surface area contributed by atoms with Crippen LogP contribution in [0.15, 0.2) is 122 Å². The Morgan fingerprint density at radius 3 is 1.55 bits per heavy atom. The van der Waals surface area contributed by atoms with Crippen molar-refractivity contribution in [2.24, 2.45) is 23.7 Å². The molecule has 1 amide bonds. The summed E-state index contributed by atoms with van der Waals surface area (Å²) in [6.07, 6.45) is 13.0. The zero-order valence-corrected chi connectivity index (χ0v) is 42.8. The number of halogens is 2. The Bertz CT molecular complexity index is 2290. The van der Waals surface area contributed by atoms with Crippen LogP contribution in [-0.2, 0) is 22.4 Å². The number of hydrogen-bond acceptors (Lipinski definition) is 10. The quantitative estimate of drug-likeness (QED) is 0.0394. The van der Waals surface area contributed by atoms with Crippen LogP contribution in [-0.4, -0.2) is 57.4 Å². The smallest absolute Gasteiger partial charge is 0.870 e. The Labute approximate surface area is 425 Å². The number of aliphatic hydroxyl groups excluding tert-OH is 2. The van der Waals surface area contributed by atoms with Crippen molar-refractivity contribution in [3.8, 4) is 0 Å². The van der Waals surface area contributed by atoms with Crippen LogP contribution in [0.25, 0.3) is 0 Å². The number of hydrogen-bond donors (Lipinski definition) is 4. The van der Waals surface area contributed by atoms with Gasteiger partial charge < -0.3 is 31.5 Å². The minimum Gasteiger partial charge on any atom is -0.870 e. The van der Waals surface area contributed by atoms with Gasteiger partial charge in [0.05, 0.1) is 12.2 Å². The van der Waals surface area contributed by atoms with Crippen molar-refractivity contribution < 1.29 is 44.1 Å². The van der Waals surface area contributed by atoms with Gasteiger partial charge in [0.2, 0.25) is 5.91 Å². The number of nitrogens with zero attached hydrogens (tertiary/aromatic N) is 6. The van der Waals surface area contributed by atoms with E-state index in [2.05, 4.69) is 87.0 Å². The van der Waals surface area contributed by atoms with Gasteiger partial charge >= 0.3 is 18.9 Å². The normalized spacial score (nSPS) is 19.0. The fraction of sp³-hybridized carbons (Fsp3) is 0.400. The molecule has 2 saturated carbocycles. The number of amides is 1. The van der Waals surface area contributed by atoms with Crippen LogP contribution in [0.2, 0.25) is 0 Å². The van der Waals surface area contributed by atoms with Gasteiger partial charge in [-0.05, 0) is 148 Å². The summed E-state index contributed by atoms with van der Waals surface area (Å²) in [5, 5.41) is 32.3. The fourth-order valence-electron chi connectivity index (χ4n) is 8.58. The Balaban J connectivity index is 0.000000285. The average molecular weight is 1120 g/mol. The Hall–Kier alpha value is -3.96. The van der Waals surface area contributed by atoms with Gasteiger partial charge in [0.15, 0.2) is 0 Å². The molecule has 2 aliphatic carbocycles. The molecule has 6 aromatic rings. The molecule has 13 nitrogen and oxygen atoms in total. The molecule has 0 aliphatic heterocycles. The summed E-state index contributed by atoms with van der Waals surface area (Å²) in [6, 6.07) is 35.5. The zero-order chi connectivity index (χ0) is 46.0. The van der Waals surface area contributed by atoms with Crippen molar-refractivity contribution in [3.05, 3.63) is 156 Å². The Kier molecular flexibility index (Phi) is 24.8. The van der Waals surface area contributed by atoms with Gasteiger partial charge in [-0.3, -0.25) is 9.48 Å². The van der Waals surface area contributed by atoms with Gasteiger partial charge in [-0.1, -0.05) is 91.9 Å². The molecule has 8 rings (SSSR count). The molecule has 2 aromatic heterocycles. The van der Waals surface area contributed by atoms with Crippen LogP contribution in [0.5, 0.6) is 0 Å². The van der Waals surface area contributed by atoms with Gasteiger partial charge in [0.1, 0.15) is 30.3 Å². The van der Waals surface area contributed by atoms with Crippen molar-refractivity contribution in [2.45, 2.75) is 103 Å². The predicted molar refractivity (Wildman–Crippen MR) is 272 cm³/mol. The molecular formula is C50H62I2LiN8O5-. The molecule has 2 unspecified atom stereocenters. The van der Waals surface area contributed by atoms with E-state index in [1.165, 1.54) is 28.6 Å². The van der Waals surface area contributed by atoms with Gasteiger partial charge in [-0.15, -0.1) is 0 Å². The van der Waals surface area contributed by atoms with Gasteiger partial charge in [0.25, 0.3) is 0 Å². The van der Waals surface area contributed by atoms with Crippen LogP contribution in [0.4, 0.5) is 11.4 Å². The molecule has 8 atom stereocenters. The van der Waals surface area contributed by atoms with E-state index < -0.39 is 6.04 Å². The first kappa shape index (κ1) is 56.4. The summed E-state index contributed by atoms with van der Waals surface area (Å²) >= 11 is 4.24. The molecule has 0 spiro atoms. The first-order valence-corrected chi connectivity index (χ1v) is 28.2. The minimum absolute atomic E-state index is 0. The van der Waals surface area contributed by atoms with E-state index in [9.17, 15) is 19.8 Å². The maximum absolute atomic E-state index is 12.5. The van der Waals surface area contributed by atoms with Crippen molar-refractivity contribution in [1.82, 2.24) is 29.5 Å². The minimum atomic E-state index is -0.424. The van der Waals surface area contributed by atoms with E-state index in [-0.39, 0.29) is 48.5 Å². The summed E-state index contributed by atoms with van der Waals surface area (Å²) in [4.78, 5) is 30.5. The molecule has 0 bridgehead atoms. The maximum atomic E-state index is 12.5. The van der Waals surface area contributed by atoms with Crippen LogP contribution < -0.4 is 29.9 Å². The number of nitrogens with two attached hydrogens (primary N) is 1. The van der Waals surface area contributed by atoms with Crippen LogP contribution in [0.3, 0.4) is 0 Å². The number of aromatic nitrogens is 6. The van der Waals surface area contributed by atoms with E-state index >= 15 is 0 Å². The number of aliphatic hydroxyl groups is 2. The summed E-state index contributed by atoms with van der Waals surface area (Å²) in [7, 11) is 0. The summed E-state index contributed by atoms with van der Waals surface area (Å²) in [5.41, 5.74) is 12.0. The molecule has 6 N–H and O–H groups in total. The molecule has 16 heteroatoms. The topological polar surface area (TPSA) is 204 Å². The summed E-state index contributed by atoms with van der Waals surface area (Å²) in [6.45, 7) is 7.09. The third-order valence-corrected chi connectivity index (χ3v) is 12.2. The monoisotopic (exact) mass is 1120 g/mol. The summed E-state index contributed by atoms with van der Waals surface area (Å²) < 4.78 is 3.04. The Morgan fingerprint density at radius 1 is 0.712 bits per heavy atom. The zero-order valence-electron chi connectivity index (χ0n) is 38.5. The third-order valence-electron chi connectivity index (χ3n) is 12.2. The number of nitrogen functional groups attached to an aromatic ring is 1. The second-order valence-electron chi connectivity index (χ2n) is 16.9. The van der Waals surface area contributed by atoms with Crippen molar-refractivity contribution in [3.63, 3.8) is 0 Å². The first-order valence-electron chi connectivity index (χ1n) is 21.9. The van der Waals surface area contributed by atoms with Crippen LogP contribution in [0.1, 0.15) is 111 Å². The fourth-order valence-corrected chi connectivity index (χ4v) is 8.58. The average Bonchev–Trinajstić information content (AvgIpc) is 4.18. The van der Waals surface area contributed by atoms with E-state index in [1.54, 1.807) is 45.0 Å². The molecule has 2 fully saturated rings. The number of aryl methyl sites for hydroxylation is 2. The number of rotatable bonds is 13. The molecule has 0 saturated heterocycles. The van der Waals surface area contributed by atoms with Crippen molar-refractivity contribution in [2.75, 3.05) is 11.1 Å². The van der Waals surface area contributed by atoms with E-state index in [4.69, 9.17) is 5.73 Å². The van der Waals surface area contributed by atoms with Crippen LogP contribution in [0, 0.1) is 37.5 Å². The van der Waals surface area contributed by atoms with Crippen molar-refractivity contribution >= 4 is 60.8 Å². The molecule has 348 valence electrons. The number of carbonyl (C=O) groups is 1. The SMILES string of the molecule is Cc1ncn([C@@H](C)C(=O)Nc2ccc(CC3CC[C@H]([C@H](O)c4ccccc4)C3)cc2)n1.Cc1ncn([C@@H](C)[C-]=O)n1.II.Nc1ccc(CC2CC[C@H]([C@H](O)c3ccccc3)C2)cc1.[Li+].[OH-]. The van der Waals surface area contributed by atoms with Crippen LogP contribution >= 0.6 is 37.2 Å². The van der Waals surface area contributed by atoms with E-state index in [0.29, 0.717) is 35.3 Å². The molecule has 0 radical (unpaired) electrons. The predicted octanol–water partition coefficient (Wildman–Crippen LogP) is 7.30. The largest absolute Gasteiger partial charge is 1.00 e. The van der Waals surface area contributed by atoms with Gasteiger partial charge in [-0.25, -0.2) is 20.9 Å².